The summed E-state index contributed by atoms with van der Waals surface area (Å²) in [5.41, 5.74) is 1.58. The standard InChI is InChI=1S/C13H12ClN3O2/c1-8(2)11-7-12(14)16-13(15-11)9-3-5-10(6-4-9)17(18)19/h3-8H,1-2H3. The average Bonchev–Trinajstić information content (AvgIpc) is 2.38. The van der Waals surface area contributed by atoms with Crippen LogP contribution in [0.1, 0.15) is 25.5 Å². The van der Waals surface area contributed by atoms with Gasteiger partial charge in [-0.05, 0) is 24.1 Å². The monoisotopic (exact) mass is 277 g/mol. The first-order valence-corrected chi connectivity index (χ1v) is 6.14. The molecular formula is C13H12ClN3O2. The summed E-state index contributed by atoms with van der Waals surface area (Å²) in [6.45, 7) is 4.02. The number of nitro benzene ring substituents is 1. The van der Waals surface area contributed by atoms with Crippen LogP contribution in [-0.4, -0.2) is 14.9 Å². The molecular weight excluding hydrogens is 266 g/mol. The number of halogens is 1. The molecule has 1 aromatic heterocycles. The molecule has 6 heteroatoms. The lowest BCUT2D eigenvalue weighted by Crippen LogP contribution is -1.98. The van der Waals surface area contributed by atoms with Gasteiger partial charge >= 0.3 is 0 Å². The molecule has 1 heterocycles. The summed E-state index contributed by atoms with van der Waals surface area (Å²) < 4.78 is 0. The normalized spacial score (nSPS) is 10.7. The highest BCUT2D eigenvalue weighted by atomic mass is 35.5. The Morgan fingerprint density at radius 2 is 1.84 bits per heavy atom. The van der Waals surface area contributed by atoms with Crippen molar-refractivity contribution >= 4 is 17.3 Å². The third-order valence-electron chi connectivity index (χ3n) is 2.64. The minimum absolute atomic E-state index is 0.0369. The van der Waals surface area contributed by atoms with Crippen LogP contribution in [-0.2, 0) is 0 Å². The van der Waals surface area contributed by atoms with Gasteiger partial charge in [0.05, 0.1) is 4.92 Å². The quantitative estimate of drug-likeness (QED) is 0.486. The zero-order valence-electron chi connectivity index (χ0n) is 10.5. The Morgan fingerprint density at radius 3 is 2.37 bits per heavy atom. The molecule has 0 fully saturated rings. The van der Waals surface area contributed by atoms with Crippen LogP contribution >= 0.6 is 11.6 Å². The van der Waals surface area contributed by atoms with Crippen molar-refractivity contribution in [3.8, 4) is 11.4 Å². The molecule has 0 unspecified atom stereocenters. The number of rotatable bonds is 3. The van der Waals surface area contributed by atoms with E-state index in [1.54, 1.807) is 18.2 Å². The van der Waals surface area contributed by atoms with Crippen LogP contribution < -0.4 is 0 Å². The molecule has 0 N–H and O–H groups in total. The third-order valence-corrected chi connectivity index (χ3v) is 2.84. The first-order chi connectivity index (χ1) is 8.97. The van der Waals surface area contributed by atoms with Gasteiger partial charge in [-0.15, -0.1) is 0 Å². The second-order valence-corrected chi connectivity index (χ2v) is 4.79. The maximum Gasteiger partial charge on any atom is 0.269 e. The van der Waals surface area contributed by atoms with E-state index in [0.717, 1.165) is 5.69 Å². The van der Waals surface area contributed by atoms with E-state index in [4.69, 9.17) is 11.6 Å². The molecule has 2 aromatic rings. The van der Waals surface area contributed by atoms with Crippen molar-refractivity contribution in [1.82, 2.24) is 9.97 Å². The van der Waals surface area contributed by atoms with Gasteiger partial charge < -0.3 is 0 Å². The fourth-order valence-corrected chi connectivity index (χ4v) is 1.78. The molecule has 1 aromatic carbocycles. The SMILES string of the molecule is CC(C)c1cc(Cl)nc(-c2ccc([N+](=O)[O-])cc2)n1. The van der Waals surface area contributed by atoms with Crippen LogP contribution in [0.4, 0.5) is 5.69 Å². The van der Waals surface area contributed by atoms with Crippen molar-refractivity contribution in [3.63, 3.8) is 0 Å². The van der Waals surface area contributed by atoms with Crippen molar-refractivity contribution in [2.24, 2.45) is 0 Å². The lowest BCUT2D eigenvalue weighted by Gasteiger charge is -2.07. The van der Waals surface area contributed by atoms with E-state index in [1.165, 1.54) is 12.1 Å². The Balaban J connectivity index is 2.43. The summed E-state index contributed by atoms with van der Waals surface area (Å²) in [4.78, 5) is 18.7. The zero-order chi connectivity index (χ0) is 14.0. The molecule has 2 rings (SSSR count). The Labute approximate surface area is 115 Å². The number of hydrogen-bond donors (Lipinski definition) is 0. The lowest BCUT2D eigenvalue weighted by atomic mass is 10.1. The maximum atomic E-state index is 10.6. The number of non-ortho nitro benzene ring substituents is 1. The number of benzene rings is 1. The van der Waals surface area contributed by atoms with Gasteiger partial charge in [0.2, 0.25) is 0 Å². The van der Waals surface area contributed by atoms with E-state index in [-0.39, 0.29) is 11.6 Å². The van der Waals surface area contributed by atoms with Gasteiger partial charge in [0.15, 0.2) is 5.82 Å². The van der Waals surface area contributed by atoms with Crippen LogP contribution in [0.5, 0.6) is 0 Å². The van der Waals surface area contributed by atoms with Crippen LogP contribution in [0.3, 0.4) is 0 Å². The van der Waals surface area contributed by atoms with E-state index in [0.29, 0.717) is 16.5 Å². The van der Waals surface area contributed by atoms with E-state index >= 15 is 0 Å². The summed E-state index contributed by atoms with van der Waals surface area (Å²) in [5, 5.41) is 11.0. The van der Waals surface area contributed by atoms with Crippen molar-refractivity contribution in [2.45, 2.75) is 19.8 Å². The first-order valence-electron chi connectivity index (χ1n) is 5.76. The fourth-order valence-electron chi connectivity index (χ4n) is 1.59. The molecule has 0 saturated carbocycles. The van der Waals surface area contributed by atoms with Crippen LogP contribution in [0.25, 0.3) is 11.4 Å². The van der Waals surface area contributed by atoms with Gasteiger partial charge in [0.1, 0.15) is 5.15 Å². The third kappa shape index (κ3) is 3.06. The van der Waals surface area contributed by atoms with Crippen LogP contribution in [0.2, 0.25) is 5.15 Å². The summed E-state index contributed by atoms with van der Waals surface area (Å²) in [7, 11) is 0. The molecule has 0 spiro atoms. The van der Waals surface area contributed by atoms with Gasteiger partial charge in [-0.25, -0.2) is 9.97 Å². The fraction of sp³-hybridized carbons (Fsp3) is 0.231. The summed E-state index contributed by atoms with van der Waals surface area (Å²) in [6, 6.07) is 7.81. The largest absolute Gasteiger partial charge is 0.269 e. The first kappa shape index (κ1) is 13.4. The Bertz CT molecular complexity index is 612. The number of nitro groups is 1. The topological polar surface area (TPSA) is 68.9 Å². The van der Waals surface area contributed by atoms with Crippen molar-refractivity contribution < 1.29 is 4.92 Å². The van der Waals surface area contributed by atoms with Crippen LogP contribution in [0, 0.1) is 10.1 Å². The van der Waals surface area contributed by atoms with Gasteiger partial charge in [-0.1, -0.05) is 25.4 Å². The van der Waals surface area contributed by atoms with Crippen molar-refractivity contribution in [1.29, 1.82) is 0 Å². The highest BCUT2D eigenvalue weighted by molar-refractivity contribution is 6.29. The molecule has 0 aliphatic rings. The zero-order valence-corrected chi connectivity index (χ0v) is 11.3. The predicted octanol–water partition coefficient (Wildman–Crippen LogP) is 3.83. The molecule has 0 atom stereocenters. The summed E-state index contributed by atoms with van der Waals surface area (Å²) in [6.07, 6.45) is 0. The predicted molar refractivity (Wildman–Crippen MR) is 73.2 cm³/mol. The average molecular weight is 278 g/mol. The van der Waals surface area contributed by atoms with Crippen molar-refractivity contribution in [3.05, 3.63) is 51.3 Å². The number of nitrogens with zero attached hydrogens (tertiary/aromatic N) is 3. The molecule has 0 radical (unpaired) electrons. The van der Waals surface area contributed by atoms with E-state index < -0.39 is 4.92 Å². The molecule has 5 nitrogen and oxygen atoms in total. The summed E-state index contributed by atoms with van der Waals surface area (Å²) >= 11 is 5.97. The second kappa shape index (κ2) is 5.32. The molecule has 19 heavy (non-hydrogen) atoms. The minimum Gasteiger partial charge on any atom is -0.258 e. The Morgan fingerprint density at radius 1 is 1.21 bits per heavy atom. The smallest absolute Gasteiger partial charge is 0.258 e. The molecule has 0 saturated heterocycles. The van der Waals surface area contributed by atoms with Gasteiger partial charge in [0.25, 0.3) is 5.69 Å². The number of hydrogen-bond acceptors (Lipinski definition) is 4. The minimum atomic E-state index is -0.442. The van der Waals surface area contributed by atoms with Gasteiger partial charge in [-0.2, -0.15) is 0 Å². The van der Waals surface area contributed by atoms with Gasteiger partial charge in [-0.3, -0.25) is 10.1 Å². The second-order valence-electron chi connectivity index (χ2n) is 4.40. The van der Waals surface area contributed by atoms with Gasteiger partial charge in [0, 0.05) is 23.4 Å². The molecule has 98 valence electrons. The summed E-state index contributed by atoms with van der Waals surface area (Å²) in [5.74, 6) is 0.711. The maximum absolute atomic E-state index is 10.6. The van der Waals surface area contributed by atoms with Crippen molar-refractivity contribution in [2.75, 3.05) is 0 Å². The number of aromatic nitrogens is 2. The molecule has 0 bridgehead atoms. The van der Waals surface area contributed by atoms with E-state index in [9.17, 15) is 10.1 Å². The molecule has 0 aliphatic heterocycles. The Kier molecular flexibility index (Phi) is 3.76. The van der Waals surface area contributed by atoms with E-state index in [1.807, 2.05) is 13.8 Å². The lowest BCUT2D eigenvalue weighted by molar-refractivity contribution is -0.384. The molecule has 0 aliphatic carbocycles. The van der Waals surface area contributed by atoms with E-state index in [2.05, 4.69) is 9.97 Å². The highest BCUT2D eigenvalue weighted by Gasteiger charge is 2.10. The highest BCUT2D eigenvalue weighted by Crippen LogP contribution is 2.23. The Hall–Kier alpha value is -2.01. The van der Waals surface area contributed by atoms with Crippen LogP contribution in [0.15, 0.2) is 30.3 Å². The molecule has 0 amide bonds.